The van der Waals surface area contributed by atoms with Crippen molar-refractivity contribution in [2.24, 2.45) is 5.92 Å². The number of nitrogens with zero attached hydrogens (tertiary/aromatic N) is 3. The third-order valence-electron chi connectivity index (χ3n) is 4.56. The van der Waals surface area contributed by atoms with E-state index < -0.39 is 0 Å². The van der Waals surface area contributed by atoms with Crippen molar-refractivity contribution in [3.63, 3.8) is 0 Å². The van der Waals surface area contributed by atoms with Gasteiger partial charge in [0.15, 0.2) is 0 Å². The molecule has 0 N–H and O–H groups in total. The monoisotopic (exact) mass is 301 g/mol. The van der Waals surface area contributed by atoms with Crippen molar-refractivity contribution in [3.8, 4) is 6.07 Å². The molecule has 0 aromatic carbocycles. The van der Waals surface area contributed by atoms with E-state index in [2.05, 4.69) is 24.0 Å². The molecule has 2 heterocycles. The maximum Gasteiger partial charge on any atom is 0.114 e. The average Bonchev–Trinajstić information content (AvgIpc) is 3.00. The van der Waals surface area contributed by atoms with Gasteiger partial charge in [0.05, 0.1) is 5.56 Å². The minimum absolute atomic E-state index is 0.722. The number of hydrogen-bond acceptors (Lipinski definition) is 4. The first-order valence-corrected chi connectivity index (χ1v) is 9.03. The fourth-order valence-corrected chi connectivity index (χ4v) is 4.27. The van der Waals surface area contributed by atoms with Gasteiger partial charge in [0.1, 0.15) is 11.1 Å². The lowest BCUT2D eigenvalue weighted by atomic mass is 9.87. The summed E-state index contributed by atoms with van der Waals surface area (Å²) in [6.45, 7) is 5.88. The Bertz CT molecular complexity index is 544. The lowest BCUT2D eigenvalue weighted by molar-refractivity contribution is 0.362. The number of rotatable bonds is 4. The van der Waals surface area contributed by atoms with E-state index in [0.29, 0.717) is 0 Å². The summed E-state index contributed by atoms with van der Waals surface area (Å²) in [7, 11) is 0. The highest BCUT2D eigenvalue weighted by molar-refractivity contribution is 7.99. The summed E-state index contributed by atoms with van der Waals surface area (Å²) in [5, 5.41) is 10.3. The minimum Gasteiger partial charge on any atom is -0.303 e. The molecule has 1 aromatic heterocycles. The molecule has 112 valence electrons. The summed E-state index contributed by atoms with van der Waals surface area (Å²) in [6.07, 6.45) is 6.05. The first kappa shape index (κ1) is 14.9. The molecule has 0 spiro atoms. The van der Waals surface area contributed by atoms with Crippen molar-refractivity contribution in [1.82, 2.24) is 9.88 Å². The maximum atomic E-state index is 9.38. The van der Waals surface area contributed by atoms with E-state index in [1.54, 1.807) is 11.8 Å². The highest BCUT2D eigenvalue weighted by atomic mass is 32.2. The fourth-order valence-electron chi connectivity index (χ4n) is 3.30. The zero-order valence-corrected chi connectivity index (χ0v) is 13.6. The predicted molar refractivity (Wildman–Crippen MR) is 86.5 cm³/mol. The van der Waals surface area contributed by atoms with Gasteiger partial charge < -0.3 is 4.90 Å². The zero-order valence-electron chi connectivity index (χ0n) is 12.8. The van der Waals surface area contributed by atoms with Gasteiger partial charge >= 0.3 is 0 Å². The van der Waals surface area contributed by atoms with Gasteiger partial charge in [-0.25, -0.2) is 4.98 Å². The second-order valence-electron chi connectivity index (χ2n) is 6.30. The van der Waals surface area contributed by atoms with E-state index in [-0.39, 0.29) is 0 Å². The SMILES string of the molecule is CC1CCc2nc(SCCN3CCCC3)c(C#N)cc2C1. The Hall–Kier alpha value is -1.05. The van der Waals surface area contributed by atoms with Crippen LogP contribution in [0.15, 0.2) is 11.1 Å². The molecule has 1 unspecified atom stereocenters. The molecule has 1 aromatic rings. The third kappa shape index (κ3) is 3.59. The van der Waals surface area contributed by atoms with Gasteiger partial charge in [-0.3, -0.25) is 0 Å². The van der Waals surface area contributed by atoms with Crippen LogP contribution in [0, 0.1) is 17.2 Å². The molecule has 1 fully saturated rings. The lowest BCUT2D eigenvalue weighted by Crippen LogP contribution is -2.22. The third-order valence-corrected chi connectivity index (χ3v) is 5.54. The number of thioether (sulfide) groups is 1. The largest absolute Gasteiger partial charge is 0.303 e. The van der Waals surface area contributed by atoms with E-state index in [9.17, 15) is 5.26 Å². The van der Waals surface area contributed by atoms with E-state index in [1.165, 1.54) is 43.6 Å². The fraction of sp³-hybridized carbons (Fsp3) is 0.647. The number of likely N-dealkylation sites (tertiary alicyclic amines) is 1. The van der Waals surface area contributed by atoms with Gasteiger partial charge in [0.2, 0.25) is 0 Å². The number of hydrogen-bond donors (Lipinski definition) is 0. The average molecular weight is 301 g/mol. The minimum atomic E-state index is 0.722. The quantitative estimate of drug-likeness (QED) is 0.800. The molecule has 1 aliphatic heterocycles. The lowest BCUT2D eigenvalue weighted by Gasteiger charge is -2.21. The first-order chi connectivity index (χ1) is 10.3. The Balaban J connectivity index is 1.67. The summed E-state index contributed by atoms with van der Waals surface area (Å²) in [5.41, 5.74) is 3.30. The van der Waals surface area contributed by atoms with Crippen LogP contribution in [0.5, 0.6) is 0 Å². The van der Waals surface area contributed by atoms with Gasteiger partial charge in [-0.1, -0.05) is 6.92 Å². The molecule has 2 aliphatic rings. The molecule has 4 heteroatoms. The number of pyridine rings is 1. The summed E-state index contributed by atoms with van der Waals surface area (Å²) >= 11 is 1.76. The van der Waals surface area contributed by atoms with E-state index in [0.717, 1.165) is 41.6 Å². The topological polar surface area (TPSA) is 39.9 Å². The van der Waals surface area contributed by atoms with Crippen molar-refractivity contribution >= 4 is 11.8 Å². The van der Waals surface area contributed by atoms with Crippen LogP contribution in [-0.2, 0) is 12.8 Å². The van der Waals surface area contributed by atoms with E-state index in [4.69, 9.17) is 4.98 Å². The van der Waals surface area contributed by atoms with Crippen LogP contribution < -0.4 is 0 Å². The summed E-state index contributed by atoms with van der Waals surface area (Å²) < 4.78 is 0. The Morgan fingerprint density at radius 3 is 3.00 bits per heavy atom. The van der Waals surface area contributed by atoms with Crippen LogP contribution in [0.3, 0.4) is 0 Å². The molecule has 21 heavy (non-hydrogen) atoms. The number of aromatic nitrogens is 1. The van der Waals surface area contributed by atoms with Crippen LogP contribution in [0.2, 0.25) is 0 Å². The molecule has 1 atom stereocenters. The molecular formula is C17H23N3S. The predicted octanol–water partition coefficient (Wildman–Crippen LogP) is 3.27. The highest BCUT2D eigenvalue weighted by Crippen LogP contribution is 2.29. The number of nitriles is 1. The molecule has 0 bridgehead atoms. The van der Waals surface area contributed by atoms with E-state index >= 15 is 0 Å². The molecule has 3 rings (SSSR count). The highest BCUT2D eigenvalue weighted by Gasteiger charge is 2.19. The Labute approximate surface area is 131 Å². The van der Waals surface area contributed by atoms with Gasteiger partial charge in [0, 0.05) is 18.0 Å². The van der Waals surface area contributed by atoms with Crippen LogP contribution in [0.1, 0.15) is 43.0 Å². The van der Waals surface area contributed by atoms with Crippen LogP contribution in [-0.4, -0.2) is 35.3 Å². The first-order valence-electron chi connectivity index (χ1n) is 8.04. The summed E-state index contributed by atoms with van der Waals surface area (Å²) in [4.78, 5) is 7.32. The van der Waals surface area contributed by atoms with Crippen molar-refractivity contribution in [2.45, 2.75) is 44.1 Å². The molecule has 1 aliphatic carbocycles. The Morgan fingerprint density at radius 1 is 1.43 bits per heavy atom. The van der Waals surface area contributed by atoms with Gasteiger partial charge in [-0.15, -0.1) is 11.8 Å². The van der Waals surface area contributed by atoms with Crippen molar-refractivity contribution in [1.29, 1.82) is 5.26 Å². The summed E-state index contributed by atoms with van der Waals surface area (Å²) in [5.74, 6) is 1.76. The van der Waals surface area contributed by atoms with E-state index in [1.807, 2.05) is 0 Å². The van der Waals surface area contributed by atoms with Crippen LogP contribution in [0.25, 0.3) is 0 Å². The number of aryl methyl sites for hydroxylation is 1. The summed E-state index contributed by atoms with van der Waals surface area (Å²) in [6, 6.07) is 4.44. The maximum absolute atomic E-state index is 9.38. The van der Waals surface area contributed by atoms with Gasteiger partial charge in [0.25, 0.3) is 0 Å². The van der Waals surface area contributed by atoms with Crippen LogP contribution in [0.4, 0.5) is 0 Å². The van der Waals surface area contributed by atoms with Crippen LogP contribution >= 0.6 is 11.8 Å². The second kappa shape index (κ2) is 6.81. The van der Waals surface area contributed by atoms with Crippen molar-refractivity contribution in [2.75, 3.05) is 25.4 Å². The van der Waals surface area contributed by atoms with Crippen molar-refractivity contribution in [3.05, 3.63) is 22.9 Å². The molecule has 0 radical (unpaired) electrons. The standard InChI is InChI=1S/C17H23N3S/c1-13-4-5-16-14(10-13)11-15(12-18)17(19-16)21-9-8-20-6-2-3-7-20/h11,13H,2-10H2,1H3. The molecule has 1 saturated heterocycles. The normalized spacial score (nSPS) is 22.0. The van der Waals surface area contributed by atoms with Gasteiger partial charge in [-0.05, 0) is 62.7 Å². The Kier molecular flexibility index (Phi) is 4.82. The smallest absolute Gasteiger partial charge is 0.114 e. The second-order valence-corrected chi connectivity index (χ2v) is 7.39. The Morgan fingerprint density at radius 2 is 2.24 bits per heavy atom. The van der Waals surface area contributed by atoms with Gasteiger partial charge in [-0.2, -0.15) is 5.26 Å². The molecule has 0 amide bonds. The number of fused-ring (bicyclic) bond motifs is 1. The van der Waals surface area contributed by atoms with Crippen molar-refractivity contribution < 1.29 is 0 Å². The zero-order chi connectivity index (χ0) is 14.7. The molecule has 3 nitrogen and oxygen atoms in total. The molecular weight excluding hydrogens is 278 g/mol. The molecule has 0 saturated carbocycles.